The summed E-state index contributed by atoms with van der Waals surface area (Å²) in [4.78, 5) is 2.34. The highest BCUT2D eigenvalue weighted by atomic mass is 15.2. The third-order valence-electron chi connectivity index (χ3n) is 3.12. The molecule has 0 aromatic heterocycles. The van der Waals surface area contributed by atoms with E-state index in [1.807, 2.05) is 26.0 Å². The summed E-state index contributed by atoms with van der Waals surface area (Å²) < 4.78 is 0. The first-order valence-electron chi connectivity index (χ1n) is 6.56. The largest absolute Gasteiger partial charge is 0.399 e. The van der Waals surface area contributed by atoms with Crippen molar-refractivity contribution in [1.82, 2.24) is 5.32 Å². The number of nitrogens with zero attached hydrogens (tertiary/aromatic N) is 1. The van der Waals surface area contributed by atoms with Crippen LogP contribution < -0.4 is 16.0 Å². The zero-order chi connectivity index (χ0) is 12.7. The van der Waals surface area contributed by atoms with Gasteiger partial charge in [-0.25, -0.2) is 0 Å². The second-order valence-corrected chi connectivity index (χ2v) is 4.20. The molecular formula is C14H25N3. The molecule has 0 aliphatic carbocycles. The Kier molecular flexibility index (Phi) is 5.84. The van der Waals surface area contributed by atoms with Crippen LogP contribution in [0.3, 0.4) is 0 Å². The first kappa shape index (κ1) is 13.8. The van der Waals surface area contributed by atoms with Crippen molar-refractivity contribution in [2.24, 2.45) is 0 Å². The molecule has 96 valence electrons. The average molecular weight is 235 g/mol. The smallest absolute Gasteiger partial charge is 0.0411 e. The van der Waals surface area contributed by atoms with Gasteiger partial charge in [-0.15, -0.1) is 0 Å². The van der Waals surface area contributed by atoms with Gasteiger partial charge in [0.25, 0.3) is 0 Å². The Morgan fingerprint density at radius 1 is 1.24 bits per heavy atom. The van der Waals surface area contributed by atoms with Crippen LogP contribution >= 0.6 is 0 Å². The first-order valence-corrected chi connectivity index (χ1v) is 6.56. The number of hydrogen-bond acceptors (Lipinski definition) is 3. The number of likely N-dealkylation sites (N-methyl/N-ethyl adjacent to an activating group) is 1. The van der Waals surface area contributed by atoms with E-state index in [2.05, 4.69) is 29.4 Å². The molecular weight excluding hydrogens is 210 g/mol. The third kappa shape index (κ3) is 3.93. The molecule has 1 fully saturated rings. The van der Waals surface area contributed by atoms with E-state index in [1.54, 1.807) is 0 Å². The number of anilines is 2. The monoisotopic (exact) mass is 235 g/mol. The lowest BCUT2D eigenvalue weighted by atomic mass is 10.1. The fraction of sp³-hybridized carbons (Fsp3) is 0.571. The maximum atomic E-state index is 5.67. The molecule has 3 heteroatoms. The van der Waals surface area contributed by atoms with Crippen molar-refractivity contribution in [3.63, 3.8) is 0 Å². The summed E-state index contributed by atoms with van der Waals surface area (Å²) >= 11 is 0. The molecule has 1 atom stereocenters. The normalized spacial score (nSPS) is 19.1. The van der Waals surface area contributed by atoms with Crippen LogP contribution in [0.25, 0.3) is 0 Å². The second-order valence-electron chi connectivity index (χ2n) is 4.20. The Bertz CT molecular complexity index is 302. The molecule has 17 heavy (non-hydrogen) atoms. The van der Waals surface area contributed by atoms with E-state index in [1.165, 1.54) is 18.5 Å². The van der Waals surface area contributed by atoms with Crippen LogP contribution in [0.4, 0.5) is 11.4 Å². The molecule has 0 radical (unpaired) electrons. The van der Waals surface area contributed by atoms with E-state index in [0.29, 0.717) is 6.04 Å². The molecule has 3 N–H and O–H groups in total. The first-order chi connectivity index (χ1) is 8.27. The quantitative estimate of drug-likeness (QED) is 0.774. The van der Waals surface area contributed by atoms with Crippen LogP contribution in [0.15, 0.2) is 24.3 Å². The summed E-state index contributed by atoms with van der Waals surface area (Å²) in [5.74, 6) is 0. The van der Waals surface area contributed by atoms with Crippen molar-refractivity contribution in [3.05, 3.63) is 24.3 Å². The molecule has 1 aliphatic rings. The zero-order valence-corrected chi connectivity index (χ0v) is 11.2. The molecule has 1 aromatic carbocycles. The highest BCUT2D eigenvalue weighted by Crippen LogP contribution is 2.19. The van der Waals surface area contributed by atoms with Crippen LogP contribution in [0, 0.1) is 0 Å². The van der Waals surface area contributed by atoms with Crippen LogP contribution in [0.1, 0.15) is 26.7 Å². The van der Waals surface area contributed by atoms with Crippen molar-refractivity contribution >= 4 is 11.4 Å². The van der Waals surface area contributed by atoms with Crippen LogP contribution in [-0.4, -0.2) is 26.2 Å². The second kappa shape index (κ2) is 7.17. The van der Waals surface area contributed by atoms with Gasteiger partial charge in [-0.05, 0) is 43.7 Å². The third-order valence-corrected chi connectivity index (χ3v) is 3.12. The van der Waals surface area contributed by atoms with E-state index in [9.17, 15) is 0 Å². The minimum atomic E-state index is 0.613. The van der Waals surface area contributed by atoms with E-state index < -0.39 is 0 Å². The van der Waals surface area contributed by atoms with Crippen LogP contribution in [0.5, 0.6) is 0 Å². The molecule has 1 aromatic rings. The molecule has 1 unspecified atom stereocenters. The molecule has 3 nitrogen and oxygen atoms in total. The number of benzene rings is 1. The molecule has 2 rings (SSSR count). The van der Waals surface area contributed by atoms with E-state index >= 15 is 0 Å². The standard InChI is InChI=1S/C12H19N3.C2H6/c1-15(12-3-2-8-14-9-12)11-6-4-10(13)5-7-11;1-2/h4-7,12,14H,2-3,8-9,13H2,1H3;1-2H3. The summed E-state index contributed by atoms with van der Waals surface area (Å²) in [5.41, 5.74) is 7.75. The summed E-state index contributed by atoms with van der Waals surface area (Å²) in [5, 5.41) is 3.43. The Balaban J connectivity index is 0.000000686. The summed E-state index contributed by atoms with van der Waals surface area (Å²) in [7, 11) is 2.16. The molecule has 0 bridgehead atoms. The predicted octanol–water partition coefficient (Wildman–Crippen LogP) is 2.48. The molecule has 0 amide bonds. The van der Waals surface area contributed by atoms with E-state index in [0.717, 1.165) is 18.8 Å². The predicted molar refractivity (Wildman–Crippen MR) is 76.5 cm³/mol. The van der Waals surface area contributed by atoms with Gasteiger partial charge in [-0.1, -0.05) is 13.8 Å². The van der Waals surface area contributed by atoms with Gasteiger partial charge in [0.1, 0.15) is 0 Å². The molecule has 1 saturated heterocycles. The SMILES string of the molecule is CC.CN(c1ccc(N)cc1)C1CCCNC1. The Morgan fingerprint density at radius 3 is 2.41 bits per heavy atom. The molecule has 0 saturated carbocycles. The number of hydrogen-bond donors (Lipinski definition) is 2. The minimum absolute atomic E-state index is 0.613. The van der Waals surface area contributed by atoms with Gasteiger partial charge in [0, 0.05) is 31.0 Å². The van der Waals surface area contributed by atoms with E-state index in [4.69, 9.17) is 5.73 Å². The highest BCUT2D eigenvalue weighted by Gasteiger charge is 2.17. The Morgan fingerprint density at radius 2 is 1.88 bits per heavy atom. The van der Waals surface area contributed by atoms with Gasteiger partial charge in [0.05, 0.1) is 0 Å². The van der Waals surface area contributed by atoms with Gasteiger partial charge in [0.2, 0.25) is 0 Å². The van der Waals surface area contributed by atoms with Crippen molar-refractivity contribution in [2.75, 3.05) is 30.8 Å². The average Bonchev–Trinajstić information content (AvgIpc) is 2.42. The topological polar surface area (TPSA) is 41.3 Å². The van der Waals surface area contributed by atoms with Gasteiger partial charge < -0.3 is 16.0 Å². The zero-order valence-electron chi connectivity index (χ0n) is 11.2. The van der Waals surface area contributed by atoms with Gasteiger partial charge in [-0.2, -0.15) is 0 Å². The summed E-state index contributed by atoms with van der Waals surface area (Å²) in [6.45, 7) is 6.24. The van der Waals surface area contributed by atoms with Crippen molar-refractivity contribution in [1.29, 1.82) is 0 Å². The van der Waals surface area contributed by atoms with E-state index in [-0.39, 0.29) is 0 Å². The number of rotatable bonds is 2. The lowest BCUT2D eigenvalue weighted by Crippen LogP contribution is -2.44. The molecule has 0 spiro atoms. The number of nitrogen functional groups attached to an aromatic ring is 1. The van der Waals surface area contributed by atoms with Crippen LogP contribution in [0.2, 0.25) is 0 Å². The van der Waals surface area contributed by atoms with Gasteiger partial charge in [-0.3, -0.25) is 0 Å². The minimum Gasteiger partial charge on any atom is -0.399 e. The van der Waals surface area contributed by atoms with Crippen molar-refractivity contribution in [3.8, 4) is 0 Å². The van der Waals surface area contributed by atoms with Gasteiger partial charge in [0.15, 0.2) is 0 Å². The number of piperidine rings is 1. The number of nitrogens with one attached hydrogen (secondary N) is 1. The van der Waals surface area contributed by atoms with Crippen LogP contribution in [-0.2, 0) is 0 Å². The molecule has 1 aliphatic heterocycles. The fourth-order valence-electron chi connectivity index (χ4n) is 2.08. The Hall–Kier alpha value is -1.22. The molecule has 1 heterocycles. The summed E-state index contributed by atoms with van der Waals surface area (Å²) in [6, 6.07) is 8.71. The lowest BCUT2D eigenvalue weighted by Gasteiger charge is -2.33. The lowest BCUT2D eigenvalue weighted by molar-refractivity contribution is 0.445. The summed E-state index contributed by atoms with van der Waals surface area (Å²) in [6.07, 6.45) is 2.54. The van der Waals surface area contributed by atoms with Crippen molar-refractivity contribution < 1.29 is 0 Å². The Labute approximate surface area is 105 Å². The highest BCUT2D eigenvalue weighted by molar-refractivity contribution is 5.53. The fourth-order valence-corrected chi connectivity index (χ4v) is 2.08. The van der Waals surface area contributed by atoms with Crippen molar-refractivity contribution in [2.45, 2.75) is 32.7 Å². The van der Waals surface area contributed by atoms with Gasteiger partial charge >= 0.3 is 0 Å². The maximum Gasteiger partial charge on any atom is 0.0411 e. The number of nitrogens with two attached hydrogens (primary N) is 1. The maximum absolute atomic E-state index is 5.67.